The Hall–Kier alpha value is -1.31. The van der Waals surface area contributed by atoms with Crippen LogP contribution in [-0.4, -0.2) is 26.3 Å². The van der Waals surface area contributed by atoms with Gasteiger partial charge in [0.15, 0.2) is 14.3 Å². The van der Waals surface area contributed by atoms with Crippen molar-refractivity contribution in [2.45, 2.75) is 18.4 Å². The Labute approximate surface area is 132 Å². The maximum atomic E-state index is 11.9. The third-order valence-electron chi connectivity index (χ3n) is 2.89. The molecule has 114 valence electrons. The van der Waals surface area contributed by atoms with E-state index in [-0.39, 0.29) is 10.6 Å². The summed E-state index contributed by atoms with van der Waals surface area (Å²) in [6.07, 6.45) is 1.68. The molecule has 0 saturated carbocycles. The van der Waals surface area contributed by atoms with Gasteiger partial charge in [-0.2, -0.15) is 0 Å². The van der Waals surface area contributed by atoms with Crippen molar-refractivity contribution in [1.29, 1.82) is 0 Å². The number of benzene rings is 1. The molecular weight excluding hydrogens is 332 g/mol. The van der Waals surface area contributed by atoms with Gasteiger partial charge >= 0.3 is 0 Å². The van der Waals surface area contributed by atoms with Crippen LogP contribution in [0.25, 0.3) is 0 Å². The molecule has 0 aliphatic heterocycles. The standard InChI is InChI=1S/C13H15ClN2O3S2/c1-3-21(17,18)10-4-5-12(19-2)11(6-10)15-7-9-8-16-13(14)20-9/h4-6,8,15H,3,7H2,1-2H3. The molecule has 8 heteroatoms. The molecule has 0 atom stereocenters. The van der Waals surface area contributed by atoms with Gasteiger partial charge in [-0.3, -0.25) is 0 Å². The summed E-state index contributed by atoms with van der Waals surface area (Å²) < 4.78 is 29.6. The summed E-state index contributed by atoms with van der Waals surface area (Å²) in [7, 11) is -1.71. The third-order valence-corrected chi connectivity index (χ3v) is 5.74. The van der Waals surface area contributed by atoms with Gasteiger partial charge in [-0.05, 0) is 18.2 Å². The smallest absolute Gasteiger partial charge is 0.183 e. The van der Waals surface area contributed by atoms with Crippen LogP contribution in [0, 0.1) is 0 Å². The van der Waals surface area contributed by atoms with Gasteiger partial charge in [0, 0.05) is 11.1 Å². The Kier molecular flexibility index (Phi) is 5.08. The van der Waals surface area contributed by atoms with Gasteiger partial charge in [0.2, 0.25) is 0 Å². The number of halogens is 1. The first-order valence-electron chi connectivity index (χ1n) is 6.21. The van der Waals surface area contributed by atoms with Gasteiger partial charge < -0.3 is 10.1 Å². The average molecular weight is 347 g/mol. The lowest BCUT2D eigenvalue weighted by molar-refractivity contribution is 0.416. The number of nitrogens with zero attached hydrogens (tertiary/aromatic N) is 1. The van der Waals surface area contributed by atoms with Crippen molar-refractivity contribution in [3.05, 3.63) is 33.7 Å². The van der Waals surface area contributed by atoms with E-state index in [1.54, 1.807) is 31.3 Å². The minimum Gasteiger partial charge on any atom is -0.495 e. The number of thiazole rings is 1. The van der Waals surface area contributed by atoms with Crippen molar-refractivity contribution in [1.82, 2.24) is 4.98 Å². The molecular formula is C13H15ClN2O3S2. The lowest BCUT2D eigenvalue weighted by Gasteiger charge is -2.12. The molecule has 5 nitrogen and oxygen atoms in total. The zero-order chi connectivity index (χ0) is 15.5. The van der Waals surface area contributed by atoms with Crippen LogP contribution in [0.15, 0.2) is 29.3 Å². The van der Waals surface area contributed by atoms with E-state index in [9.17, 15) is 8.42 Å². The Morgan fingerprint density at radius 1 is 1.43 bits per heavy atom. The summed E-state index contributed by atoms with van der Waals surface area (Å²) in [4.78, 5) is 5.18. The van der Waals surface area contributed by atoms with Gasteiger partial charge in [-0.15, -0.1) is 11.3 Å². The number of anilines is 1. The second kappa shape index (κ2) is 6.64. The van der Waals surface area contributed by atoms with Crippen molar-refractivity contribution in [2.24, 2.45) is 0 Å². The first-order valence-corrected chi connectivity index (χ1v) is 9.06. The van der Waals surface area contributed by atoms with Crippen LogP contribution in [0.5, 0.6) is 5.75 Å². The minimum atomic E-state index is -3.25. The normalized spacial score (nSPS) is 11.4. The number of sulfone groups is 1. The molecule has 0 spiro atoms. The first kappa shape index (κ1) is 16.1. The van der Waals surface area contributed by atoms with Crippen LogP contribution in [0.1, 0.15) is 11.8 Å². The van der Waals surface area contributed by atoms with Crippen LogP contribution in [0.2, 0.25) is 4.47 Å². The summed E-state index contributed by atoms with van der Waals surface area (Å²) in [5.41, 5.74) is 0.622. The Morgan fingerprint density at radius 2 is 2.19 bits per heavy atom. The van der Waals surface area contributed by atoms with Crippen LogP contribution < -0.4 is 10.1 Å². The molecule has 0 aliphatic rings. The number of aromatic nitrogens is 1. The quantitative estimate of drug-likeness (QED) is 0.869. The Morgan fingerprint density at radius 3 is 2.76 bits per heavy atom. The maximum absolute atomic E-state index is 11.9. The van der Waals surface area contributed by atoms with E-state index < -0.39 is 9.84 Å². The molecule has 0 radical (unpaired) electrons. The zero-order valence-electron chi connectivity index (χ0n) is 11.6. The number of methoxy groups -OCH3 is 1. The second-order valence-corrected chi connectivity index (χ2v) is 8.17. The highest BCUT2D eigenvalue weighted by Crippen LogP contribution is 2.29. The molecule has 21 heavy (non-hydrogen) atoms. The maximum Gasteiger partial charge on any atom is 0.183 e. The fourth-order valence-corrected chi connectivity index (χ4v) is 3.56. The van der Waals surface area contributed by atoms with Gasteiger partial charge in [0.1, 0.15) is 5.75 Å². The van der Waals surface area contributed by atoms with Crippen LogP contribution >= 0.6 is 22.9 Å². The van der Waals surface area contributed by atoms with Crippen LogP contribution in [0.4, 0.5) is 5.69 Å². The molecule has 0 unspecified atom stereocenters. The van der Waals surface area contributed by atoms with Crippen molar-refractivity contribution >= 4 is 38.5 Å². The Bertz CT molecular complexity index is 729. The van der Waals surface area contributed by atoms with Crippen molar-refractivity contribution < 1.29 is 13.2 Å². The van der Waals surface area contributed by atoms with Crippen molar-refractivity contribution in [3.8, 4) is 5.75 Å². The predicted molar refractivity (Wildman–Crippen MR) is 85.2 cm³/mol. The molecule has 2 aromatic rings. The highest BCUT2D eigenvalue weighted by Gasteiger charge is 2.14. The molecule has 1 N–H and O–H groups in total. The van der Waals surface area contributed by atoms with Gasteiger partial charge in [-0.1, -0.05) is 18.5 Å². The average Bonchev–Trinajstić information content (AvgIpc) is 2.90. The predicted octanol–water partition coefficient (Wildman–Crippen LogP) is 3.21. The third kappa shape index (κ3) is 3.87. The summed E-state index contributed by atoms with van der Waals surface area (Å²) in [6.45, 7) is 2.11. The SMILES string of the molecule is CCS(=O)(=O)c1ccc(OC)c(NCc2cnc(Cl)s2)c1. The fraction of sp³-hybridized carbons (Fsp3) is 0.308. The zero-order valence-corrected chi connectivity index (χ0v) is 14.0. The van der Waals surface area contributed by atoms with E-state index in [0.717, 1.165) is 4.88 Å². The van der Waals surface area contributed by atoms with Crippen LogP contribution in [-0.2, 0) is 16.4 Å². The molecule has 0 amide bonds. The highest BCUT2D eigenvalue weighted by atomic mass is 35.5. The van der Waals surface area contributed by atoms with Gasteiger partial charge in [-0.25, -0.2) is 13.4 Å². The van der Waals surface area contributed by atoms with Crippen molar-refractivity contribution in [3.63, 3.8) is 0 Å². The van der Waals surface area contributed by atoms with E-state index in [4.69, 9.17) is 16.3 Å². The summed E-state index contributed by atoms with van der Waals surface area (Å²) >= 11 is 7.15. The second-order valence-electron chi connectivity index (χ2n) is 4.20. The number of ether oxygens (including phenoxy) is 1. The number of nitrogens with one attached hydrogen (secondary N) is 1. The highest BCUT2D eigenvalue weighted by molar-refractivity contribution is 7.91. The van der Waals surface area contributed by atoms with Crippen LogP contribution in [0.3, 0.4) is 0 Å². The number of hydrogen-bond acceptors (Lipinski definition) is 6. The molecule has 0 aliphatic carbocycles. The van der Waals surface area contributed by atoms with E-state index >= 15 is 0 Å². The molecule has 1 heterocycles. The largest absolute Gasteiger partial charge is 0.495 e. The lowest BCUT2D eigenvalue weighted by atomic mass is 10.3. The number of rotatable bonds is 6. The fourth-order valence-electron chi connectivity index (χ4n) is 1.73. The first-order chi connectivity index (χ1) is 9.96. The molecule has 0 fully saturated rings. The molecule has 1 aromatic carbocycles. The van der Waals surface area contributed by atoms with Crippen molar-refractivity contribution in [2.75, 3.05) is 18.2 Å². The minimum absolute atomic E-state index is 0.0588. The van der Waals surface area contributed by atoms with Gasteiger partial charge in [0.05, 0.1) is 30.0 Å². The lowest BCUT2D eigenvalue weighted by Crippen LogP contribution is -2.06. The van der Waals surface area contributed by atoms with E-state index in [1.807, 2.05) is 0 Å². The Balaban J connectivity index is 2.26. The summed E-state index contributed by atoms with van der Waals surface area (Å²) in [5.74, 6) is 0.643. The molecule has 1 aromatic heterocycles. The molecule has 0 saturated heterocycles. The van der Waals surface area contributed by atoms with E-state index in [2.05, 4.69) is 10.3 Å². The van der Waals surface area contributed by atoms with Gasteiger partial charge in [0.25, 0.3) is 0 Å². The summed E-state index contributed by atoms with van der Waals surface area (Å²) in [5, 5.41) is 3.15. The topological polar surface area (TPSA) is 68.3 Å². The number of hydrogen-bond donors (Lipinski definition) is 1. The van der Waals surface area contributed by atoms with E-state index in [1.165, 1.54) is 18.4 Å². The molecule has 2 rings (SSSR count). The van der Waals surface area contributed by atoms with E-state index in [0.29, 0.717) is 22.4 Å². The monoisotopic (exact) mass is 346 g/mol. The molecule has 0 bridgehead atoms. The summed E-state index contributed by atoms with van der Waals surface area (Å²) in [6, 6.07) is 4.78.